The zero-order valence-corrected chi connectivity index (χ0v) is 14.0. The van der Waals surface area contributed by atoms with Crippen LogP contribution >= 0.6 is 0 Å². The van der Waals surface area contributed by atoms with E-state index in [1.54, 1.807) is 4.90 Å². The lowest BCUT2D eigenvalue weighted by atomic mass is 9.64. The number of rotatable bonds is 2. The Hall–Kier alpha value is -0.850. The van der Waals surface area contributed by atoms with Crippen LogP contribution in [0, 0.1) is 5.41 Å². The Morgan fingerprint density at radius 2 is 1.61 bits per heavy atom. The topological polar surface area (TPSA) is 56.2 Å². The van der Waals surface area contributed by atoms with E-state index in [-0.39, 0.29) is 0 Å². The van der Waals surface area contributed by atoms with E-state index in [1.807, 2.05) is 0 Å². The molecule has 0 bridgehead atoms. The molecule has 6 nitrogen and oxygen atoms in total. The van der Waals surface area contributed by atoms with Crippen molar-refractivity contribution in [2.75, 3.05) is 52.5 Å². The van der Waals surface area contributed by atoms with Crippen LogP contribution in [0.2, 0.25) is 0 Å². The van der Waals surface area contributed by atoms with E-state index >= 15 is 0 Å². The fraction of sp³-hybridized carbons (Fsp3) is 0.941. The number of amides is 1. The summed E-state index contributed by atoms with van der Waals surface area (Å²) in [6.07, 6.45) is 5.31. The van der Waals surface area contributed by atoms with Crippen molar-refractivity contribution in [2.45, 2.75) is 44.2 Å². The lowest BCUT2D eigenvalue weighted by Gasteiger charge is -2.52. The van der Waals surface area contributed by atoms with Gasteiger partial charge in [0.15, 0.2) is 0 Å². The van der Waals surface area contributed by atoms with Crippen LogP contribution in [0.5, 0.6) is 0 Å². The highest BCUT2D eigenvalue weighted by atomic mass is 16.5. The van der Waals surface area contributed by atoms with Gasteiger partial charge in [0, 0.05) is 38.3 Å². The Morgan fingerprint density at radius 1 is 0.957 bits per heavy atom. The number of hydrogen-bond donors (Lipinski definition) is 1. The van der Waals surface area contributed by atoms with Gasteiger partial charge in [-0.1, -0.05) is 0 Å². The molecule has 1 aliphatic carbocycles. The molecule has 0 unspecified atom stereocenters. The van der Waals surface area contributed by atoms with Crippen molar-refractivity contribution >= 4 is 6.09 Å². The molecule has 0 radical (unpaired) electrons. The number of nitrogens with zero attached hydrogens (tertiary/aromatic N) is 3. The maximum Gasteiger partial charge on any atom is 0.407 e. The van der Waals surface area contributed by atoms with Gasteiger partial charge in [-0.2, -0.15) is 0 Å². The predicted molar refractivity (Wildman–Crippen MR) is 86.7 cm³/mol. The third-order valence-corrected chi connectivity index (χ3v) is 6.62. The summed E-state index contributed by atoms with van der Waals surface area (Å²) in [6, 6.07) is 1.45. The highest BCUT2D eigenvalue weighted by molar-refractivity contribution is 5.65. The molecular formula is C17H29N3O3. The van der Waals surface area contributed by atoms with Crippen molar-refractivity contribution in [3.05, 3.63) is 0 Å². The molecule has 1 N–H and O–H groups in total. The third-order valence-electron chi connectivity index (χ3n) is 6.62. The highest BCUT2D eigenvalue weighted by Crippen LogP contribution is 2.50. The van der Waals surface area contributed by atoms with Crippen molar-refractivity contribution in [3.8, 4) is 0 Å². The minimum absolute atomic E-state index is 0.310. The summed E-state index contributed by atoms with van der Waals surface area (Å²) in [4.78, 5) is 18.0. The molecule has 4 fully saturated rings. The Labute approximate surface area is 138 Å². The van der Waals surface area contributed by atoms with E-state index in [0.29, 0.717) is 11.5 Å². The number of carbonyl (C=O) groups is 1. The van der Waals surface area contributed by atoms with Crippen LogP contribution in [-0.2, 0) is 4.74 Å². The highest BCUT2D eigenvalue weighted by Gasteiger charge is 2.51. The lowest BCUT2D eigenvalue weighted by molar-refractivity contribution is -0.0326. The lowest BCUT2D eigenvalue weighted by Crippen LogP contribution is -2.56. The van der Waals surface area contributed by atoms with E-state index < -0.39 is 6.09 Å². The molecule has 3 saturated heterocycles. The molecule has 0 atom stereocenters. The van der Waals surface area contributed by atoms with Gasteiger partial charge in [-0.05, 0) is 50.6 Å². The normalized spacial score (nSPS) is 37.2. The Bertz CT molecular complexity index is 438. The summed E-state index contributed by atoms with van der Waals surface area (Å²) in [5, 5.41) is 9.13. The van der Waals surface area contributed by atoms with Crippen LogP contribution in [-0.4, -0.2) is 90.5 Å². The molecule has 1 spiro atoms. The quantitative estimate of drug-likeness (QED) is 0.830. The fourth-order valence-corrected chi connectivity index (χ4v) is 5.19. The monoisotopic (exact) mass is 323 g/mol. The van der Waals surface area contributed by atoms with Gasteiger partial charge in [-0.15, -0.1) is 0 Å². The molecule has 0 aromatic rings. The van der Waals surface area contributed by atoms with Gasteiger partial charge >= 0.3 is 6.09 Å². The maximum atomic E-state index is 11.1. The Morgan fingerprint density at radius 3 is 2.22 bits per heavy atom. The fourth-order valence-electron chi connectivity index (χ4n) is 5.19. The van der Waals surface area contributed by atoms with Gasteiger partial charge in [0.2, 0.25) is 0 Å². The molecular weight excluding hydrogens is 294 g/mol. The number of piperidine rings is 1. The molecule has 3 heterocycles. The largest absolute Gasteiger partial charge is 0.465 e. The molecule has 0 aromatic heterocycles. The number of hydrogen-bond acceptors (Lipinski definition) is 4. The zero-order chi connectivity index (χ0) is 15.9. The van der Waals surface area contributed by atoms with Crippen LogP contribution in [0.4, 0.5) is 4.79 Å². The summed E-state index contributed by atoms with van der Waals surface area (Å²) in [5.41, 5.74) is 0.310. The first-order valence-electron chi connectivity index (χ1n) is 9.19. The van der Waals surface area contributed by atoms with Gasteiger partial charge < -0.3 is 19.6 Å². The van der Waals surface area contributed by atoms with Crippen LogP contribution in [0.25, 0.3) is 0 Å². The molecule has 1 amide bonds. The summed E-state index contributed by atoms with van der Waals surface area (Å²) in [6.45, 7) is 7.92. The van der Waals surface area contributed by atoms with E-state index in [0.717, 1.165) is 51.9 Å². The van der Waals surface area contributed by atoms with Crippen LogP contribution in [0.3, 0.4) is 0 Å². The van der Waals surface area contributed by atoms with Gasteiger partial charge in [0.1, 0.15) is 0 Å². The predicted octanol–water partition coefficient (Wildman–Crippen LogP) is 1.32. The van der Waals surface area contributed by atoms with E-state index in [9.17, 15) is 4.79 Å². The summed E-state index contributed by atoms with van der Waals surface area (Å²) in [5.74, 6) is 0. The maximum absolute atomic E-state index is 11.1. The van der Waals surface area contributed by atoms with Crippen molar-refractivity contribution in [2.24, 2.45) is 5.41 Å². The first-order valence-corrected chi connectivity index (χ1v) is 9.19. The smallest absolute Gasteiger partial charge is 0.407 e. The molecule has 4 rings (SSSR count). The summed E-state index contributed by atoms with van der Waals surface area (Å²) in [7, 11) is 0. The summed E-state index contributed by atoms with van der Waals surface area (Å²) < 4.78 is 5.46. The molecule has 3 aliphatic heterocycles. The molecule has 23 heavy (non-hydrogen) atoms. The molecule has 6 heteroatoms. The van der Waals surface area contributed by atoms with Gasteiger partial charge in [0.25, 0.3) is 0 Å². The van der Waals surface area contributed by atoms with Crippen molar-refractivity contribution < 1.29 is 14.6 Å². The average molecular weight is 323 g/mol. The van der Waals surface area contributed by atoms with Crippen molar-refractivity contribution in [1.82, 2.24) is 14.7 Å². The second-order valence-corrected chi connectivity index (χ2v) is 7.93. The standard InChI is InChI=1S/C17H29N3O3/c21-16(22)20-6-3-17(13-20)11-15(12-17)18-4-1-14(2-5-18)19-7-9-23-10-8-19/h14-15H,1-13H2,(H,21,22). The molecule has 1 saturated carbocycles. The molecule has 4 aliphatic rings. The minimum atomic E-state index is -0.739. The van der Waals surface area contributed by atoms with Crippen LogP contribution in [0.15, 0.2) is 0 Å². The van der Waals surface area contributed by atoms with E-state index in [2.05, 4.69) is 9.80 Å². The Kier molecular flexibility index (Phi) is 4.24. The first kappa shape index (κ1) is 15.7. The zero-order valence-electron chi connectivity index (χ0n) is 14.0. The molecule has 0 aromatic carbocycles. The van der Waals surface area contributed by atoms with E-state index in [4.69, 9.17) is 9.84 Å². The summed E-state index contributed by atoms with van der Waals surface area (Å²) >= 11 is 0. The van der Waals surface area contributed by atoms with Crippen LogP contribution in [0.1, 0.15) is 32.1 Å². The minimum Gasteiger partial charge on any atom is -0.465 e. The Balaban J connectivity index is 1.23. The van der Waals surface area contributed by atoms with Gasteiger partial charge in [-0.3, -0.25) is 4.90 Å². The second kappa shape index (κ2) is 6.22. The number of likely N-dealkylation sites (tertiary alicyclic amines) is 2. The first-order chi connectivity index (χ1) is 11.2. The van der Waals surface area contributed by atoms with Crippen molar-refractivity contribution in [1.29, 1.82) is 0 Å². The third kappa shape index (κ3) is 3.08. The second-order valence-electron chi connectivity index (χ2n) is 7.93. The SMILES string of the molecule is O=C(O)N1CCC2(CC(N3CCC(N4CCOCC4)CC3)C2)C1. The van der Waals surface area contributed by atoms with Gasteiger partial charge in [-0.25, -0.2) is 4.79 Å². The molecule has 130 valence electrons. The van der Waals surface area contributed by atoms with Gasteiger partial charge in [0.05, 0.1) is 13.2 Å². The number of ether oxygens (including phenoxy) is 1. The van der Waals surface area contributed by atoms with Crippen molar-refractivity contribution in [3.63, 3.8) is 0 Å². The van der Waals surface area contributed by atoms with Crippen LogP contribution < -0.4 is 0 Å². The van der Waals surface area contributed by atoms with E-state index in [1.165, 1.54) is 38.8 Å². The number of carboxylic acid groups (broad SMARTS) is 1. The average Bonchev–Trinajstić information content (AvgIpc) is 3.00. The number of morpholine rings is 1.